The van der Waals surface area contributed by atoms with Gasteiger partial charge in [-0.15, -0.1) is 0 Å². The highest BCUT2D eigenvalue weighted by Crippen LogP contribution is 2.41. The van der Waals surface area contributed by atoms with Crippen LogP contribution in [0.3, 0.4) is 0 Å². The van der Waals surface area contributed by atoms with E-state index in [1.165, 1.54) is 0 Å². The van der Waals surface area contributed by atoms with Crippen LogP contribution in [0.15, 0.2) is 48.5 Å². The Kier molecular flexibility index (Phi) is 4.14. The number of anilines is 2. The fourth-order valence-electron chi connectivity index (χ4n) is 4.03. The van der Waals surface area contributed by atoms with Crippen molar-refractivity contribution in [2.24, 2.45) is 7.05 Å². The number of carbonyl (C=O) groups is 1. The van der Waals surface area contributed by atoms with Crippen molar-refractivity contribution in [1.29, 1.82) is 5.26 Å². The quantitative estimate of drug-likeness (QED) is 0.709. The molecule has 1 atom stereocenters. The molecule has 0 saturated heterocycles. The molecule has 1 amide bonds. The Hall–Kier alpha value is -3.92. The number of nitrogens with zero attached hydrogens (tertiary/aromatic N) is 3. The standard InChI is InChI=1S/C23H20N4O3/c1-14-18(11-16(13-24)26(14)2)22-25-19-6-4-3-5-17(19)23(28)27(22)15-7-8-20-21(12-15)30-10-9-29-20/h3-8,11-12,22,25H,9-10H2,1-2H3. The van der Waals surface area contributed by atoms with Crippen LogP contribution >= 0.6 is 0 Å². The second kappa shape index (κ2) is 6.85. The van der Waals surface area contributed by atoms with Crippen molar-refractivity contribution in [3.8, 4) is 17.6 Å². The molecule has 7 nitrogen and oxygen atoms in total. The van der Waals surface area contributed by atoms with E-state index in [2.05, 4.69) is 11.4 Å². The predicted octanol–water partition coefficient (Wildman–Crippen LogP) is 3.75. The SMILES string of the molecule is Cc1c(C2Nc3ccccc3C(=O)N2c2ccc3c(c2)OCCO3)cc(C#N)n1C. The fraction of sp³-hybridized carbons (Fsp3) is 0.217. The molecule has 0 radical (unpaired) electrons. The van der Waals surface area contributed by atoms with Crippen molar-refractivity contribution in [2.75, 3.05) is 23.4 Å². The third kappa shape index (κ3) is 2.69. The Balaban J connectivity index is 1.68. The number of para-hydroxylation sites is 1. The summed E-state index contributed by atoms with van der Waals surface area (Å²) in [6, 6.07) is 17.0. The summed E-state index contributed by atoms with van der Waals surface area (Å²) in [4.78, 5) is 15.3. The number of benzene rings is 2. The number of nitriles is 1. The maximum Gasteiger partial charge on any atom is 0.262 e. The molecule has 5 rings (SSSR count). The summed E-state index contributed by atoms with van der Waals surface area (Å²) < 4.78 is 13.2. The van der Waals surface area contributed by atoms with Crippen molar-refractivity contribution in [1.82, 2.24) is 4.57 Å². The van der Waals surface area contributed by atoms with Gasteiger partial charge in [-0.1, -0.05) is 12.1 Å². The molecule has 0 fully saturated rings. The third-order valence-corrected chi connectivity index (χ3v) is 5.71. The van der Waals surface area contributed by atoms with Gasteiger partial charge in [-0.2, -0.15) is 5.26 Å². The molecule has 0 bridgehead atoms. The van der Waals surface area contributed by atoms with Crippen LogP contribution < -0.4 is 19.7 Å². The maximum absolute atomic E-state index is 13.6. The second-order valence-electron chi connectivity index (χ2n) is 7.34. The first-order valence-electron chi connectivity index (χ1n) is 9.73. The van der Waals surface area contributed by atoms with Gasteiger partial charge in [-0.3, -0.25) is 9.69 Å². The Labute approximate surface area is 174 Å². The molecular weight excluding hydrogens is 380 g/mol. The lowest BCUT2D eigenvalue weighted by atomic mass is 10.0. The zero-order valence-electron chi connectivity index (χ0n) is 16.7. The van der Waals surface area contributed by atoms with Gasteiger partial charge in [0.15, 0.2) is 11.5 Å². The van der Waals surface area contributed by atoms with E-state index in [-0.39, 0.29) is 5.91 Å². The van der Waals surface area contributed by atoms with Crippen LogP contribution in [0, 0.1) is 18.3 Å². The maximum atomic E-state index is 13.6. The molecule has 0 saturated carbocycles. The zero-order valence-corrected chi connectivity index (χ0v) is 16.7. The molecule has 3 heterocycles. The van der Waals surface area contributed by atoms with Crippen LogP contribution in [-0.2, 0) is 7.05 Å². The van der Waals surface area contributed by atoms with E-state index in [0.29, 0.717) is 41.7 Å². The summed E-state index contributed by atoms with van der Waals surface area (Å²) >= 11 is 0. The van der Waals surface area contributed by atoms with Crippen LogP contribution in [0.2, 0.25) is 0 Å². The molecular formula is C23H20N4O3. The van der Waals surface area contributed by atoms with E-state index in [0.717, 1.165) is 16.9 Å². The van der Waals surface area contributed by atoms with Crippen LogP contribution in [0.5, 0.6) is 11.5 Å². The molecule has 0 aliphatic carbocycles. The molecule has 1 N–H and O–H groups in total. The van der Waals surface area contributed by atoms with E-state index in [9.17, 15) is 10.1 Å². The van der Waals surface area contributed by atoms with Gasteiger partial charge in [0.25, 0.3) is 5.91 Å². The number of fused-ring (bicyclic) bond motifs is 2. The molecule has 1 unspecified atom stereocenters. The van der Waals surface area contributed by atoms with E-state index >= 15 is 0 Å². The van der Waals surface area contributed by atoms with Gasteiger partial charge < -0.3 is 19.4 Å². The van der Waals surface area contributed by atoms with Crippen LogP contribution in [0.1, 0.15) is 33.5 Å². The van der Waals surface area contributed by atoms with Gasteiger partial charge in [-0.25, -0.2) is 0 Å². The lowest BCUT2D eigenvalue weighted by Gasteiger charge is -2.38. The first-order chi connectivity index (χ1) is 14.6. The Bertz CT molecular complexity index is 1210. The highest BCUT2D eigenvalue weighted by Gasteiger charge is 2.36. The molecule has 7 heteroatoms. The van der Waals surface area contributed by atoms with Crippen LogP contribution in [0.4, 0.5) is 11.4 Å². The summed E-state index contributed by atoms with van der Waals surface area (Å²) in [5.74, 6) is 1.17. The van der Waals surface area contributed by atoms with Crippen LogP contribution in [-0.4, -0.2) is 23.7 Å². The van der Waals surface area contributed by atoms with Crippen molar-refractivity contribution < 1.29 is 14.3 Å². The predicted molar refractivity (Wildman–Crippen MR) is 112 cm³/mol. The molecule has 2 aliphatic heterocycles. The minimum absolute atomic E-state index is 0.118. The van der Waals surface area contributed by atoms with E-state index in [1.807, 2.05) is 67.1 Å². The number of hydrogen-bond acceptors (Lipinski definition) is 5. The van der Waals surface area contributed by atoms with Gasteiger partial charge in [0.1, 0.15) is 31.1 Å². The molecule has 0 spiro atoms. The van der Waals surface area contributed by atoms with Gasteiger partial charge >= 0.3 is 0 Å². The summed E-state index contributed by atoms with van der Waals surface area (Å²) in [6.45, 7) is 2.93. The monoisotopic (exact) mass is 400 g/mol. The van der Waals surface area contributed by atoms with Crippen molar-refractivity contribution >= 4 is 17.3 Å². The highest BCUT2D eigenvalue weighted by molar-refractivity contribution is 6.12. The molecule has 150 valence electrons. The molecule has 2 aromatic carbocycles. The smallest absolute Gasteiger partial charge is 0.262 e. The van der Waals surface area contributed by atoms with Gasteiger partial charge in [-0.05, 0) is 37.3 Å². The number of rotatable bonds is 2. The minimum Gasteiger partial charge on any atom is -0.486 e. The summed E-state index contributed by atoms with van der Waals surface area (Å²) in [6.07, 6.45) is -0.469. The number of hydrogen-bond donors (Lipinski definition) is 1. The number of amides is 1. The number of ether oxygens (including phenoxy) is 2. The second-order valence-corrected chi connectivity index (χ2v) is 7.34. The fourth-order valence-corrected chi connectivity index (χ4v) is 4.03. The zero-order chi connectivity index (χ0) is 20.8. The normalized spacial score (nSPS) is 17.2. The largest absolute Gasteiger partial charge is 0.486 e. The molecule has 3 aromatic rings. The third-order valence-electron chi connectivity index (χ3n) is 5.71. The number of aromatic nitrogens is 1. The lowest BCUT2D eigenvalue weighted by molar-refractivity contribution is 0.0974. The summed E-state index contributed by atoms with van der Waals surface area (Å²) in [5, 5.41) is 13.0. The first kappa shape index (κ1) is 18.1. The van der Waals surface area contributed by atoms with Gasteiger partial charge in [0.05, 0.1) is 11.3 Å². The van der Waals surface area contributed by atoms with Gasteiger partial charge in [0.2, 0.25) is 0 Å². The average Bonchev–Trinajstić information content (AvgIpc) is 3.07. The number of nitrogens with one attached hydrogen (secondary N) is 1. The van der Waals surface area contributed by atoms with E-state index in [1.54, 1.807) is 4.90 Å². The first-order valence-corrected chi connectivity index (χ1v) is 9.73. The highest BCUT2D eigenvalue weighted by atomic mass is 16.6. The molecule has 1 aromatic heterocycles. The number of carbonyl (C=O) groups excluding carboxylic acids is 1. The van der Waals surface area contributed by atoms with Crippen molar-refractivity contribution in [2.45, 2.75) is 13.1 Å². The molecule has 2 aliphatic rings. The van der Waals surface area contributed by atoms with E-state index < -0.39 is 6.17 Å². The molecule has 30 heavy (non-hydrogen) atoms. The average molecular weight is 400 g/mol. The Morgan fingerprint density at radius 3 is 2.63 bits per heavy atom. The Morgan fingerprint density at radius 1 is 1.10 bits per heavy atom. The van der Waals surface area contributed by atoms with Crippen molar-refractivity contribution in [3.63, 3.8) is 0 Å². The minimum atomic E-state index is -0.469. The lowest BCUT2D eigenvalue weighted by Crippen LogP contribution is -2.43. The Morgan fingerprint density at radius 2 is 1.87 bits per heavy atom. The summed E-state index contributed by atoms with van der Waals surface area (Å²) in [5.41, 5.74) is 4.38. The summed E-state index contributed by atoms with van der Waals surface area (Å²) in [7, 11) is 1.85. The van der Waals surface area contributed by atoms with Crippen molar-refractivity contribution in [3.05, 3.63) is 71.0 Å². The van der Waals surface area contributed by atoms with Gasteiger partial charge in [0, 0.05) is 30.1 Å². The van der Waals surface area contributed by atoms with E-state index in [4.69, 9.17) is 9.47 Å². The van der Waals surface area contributed by atoms with Crippen LogP contribution in [0.25, 0.3) is 0 Å². The topological polar surface area (TPSA) is 79.5 Å².